The fraction of sp³-hybridized carbons (Fsp3) is 0.0588. The van der Waals surface area contributed by atoms with Gasteiger partial charge in [-0.2, -0.15) is 10.4 Å². The highest BCUT2D eigenvalue weighted by molar-refractivity contribution is 6.29. The first-order chi connectivity index (χ1) is 11.6. The van der Waals surface area contributed by atoms with Crippen LogP contribution in [0.15, 0.2) is 54.9 Å². The minimum Gasteiger partial charge on any atom is -0.318 e. The first-order valence-corrected chi connectivity index (χ1v) is 7.47. The molecule has 0 atom stereocenters. The molecule has 0 unspecified atom stereocenters. The van der Waals surface area contributed by atoms with Gasteiger partial charge in [-0.3, -0.25) is 9.48 Å². The molecule has 2 aromatic heterocycles. The first kappa shape index (κ1) is 15.7. The monoisotopic (exact) mass is 337 g/mol. The summed E-state index contributed by atoms with van der Waals surface area (Å²) in [6, 6.07) is 14.2. The Bertz CT molecular complexity index is 928. The number of halogens is 1. The fourth-order valence-corrected chi connectivity index (χ4v) is 2.33. The Balaban J connectivity index is 1.69. The quantitative estimate of drug-likeness (QED) is 0.741. The predicted octanol–water partition coefficient (Wildman–Crippen LogP) is 3.10. The van der Waals surface area contributed by atoms with Gasteiger partial charge in [-0.1, -0.05) is 29.8 Å². The van der Waals surface area contributed by atoms with Crippen molar-refractivity contribution in [2.24, 2.45) is 0 Å². The second kappa shape index (κ2) is 6.94. The van der Waals surface area contributed by atoms with Gasteiger partial charge in [0.25, 0.3) is 5.91 Å². The summed E-state index contributed by atoms with van der Waals surface area (Å²) in [5.41, 5.74) is 2.34. The lowest BCUT2D eigenvalue weighted by Gasteiger charge is -2.03. The second-order valence-corrected chi connectivity index (χ2v) is 5.43. The van der Waals surface area contributed by atoms with Crippen molar-refractivity contribution in [1.29, 1.82) is 5.26 Å². The maximum absolute atomic E-state index is 12.1. The van der Waals surface area contributed by atoms with E-state index in [-0.39, 0.29) is 16.8 Å². The van der Waals surface area contributed by atoms with E-state index in [4.69, 9.17) is 16.9 Å². The molecule has 0 saturated heterocycles. The summed E-state index contributed by atoms with van der Waals surface area (Å²) in [7, 11) is 0. The van der Waals surface area contributed by atoms with Crippen molar-refractivity contribution >= 4 is 23.2 Å². The van der Waals surface area contributed by atoms with Crippen LogP contribution >= 0.6 is 11.6 Å². The Kier molecular flexibility index (Phi) is 4.54. The zero-order valence-electron chi connectivity index (χ0n) is 12.5. The van der Waals surface area contributed by atoms with E-state index in [0.29, 0.717) is 17.8 Å². The third-order valence-corrected chi connectivity index (χ3v) is 3.45. The number of amides is 1. The van der Waals surface area contributed by atoms with Gasteiger partial charge in [0.1, 0.15) is 10.8 Å². The Morgan fingerprint density at radius 3 is 2.92 bits per heavy atom. The van der Waals surface area contributed by atoms with Gasteiger partial charge in [-0.25, -0.2) is 4.98 Å². The predicted molar refractivity (Wildman–Crippen MR) is 89.7 cm³/mol. The summed E-state index contributed by atoms with van der Waals surface area (Å²) >= 11 is 5.78. The summed E-state index contributed by atoms with van der Waals surface area (Å²) in [5, 5.41) is 16.1. The zero-order valence-corrected chi connectivity index (χ0v) is 13.2. The summed E-state index contributed by atoms with van der Waals surface area (Å²) < 4.78 is 1.68. The van der Waals surface area contributed by atoms with Crippen molar-refractivity contribution in [2.45, 2.75) is 6.54 Å². The molecule has 0 saturated carbocycles. The van der Waals surface area contributed by atoms with Crippen LogP contribution in [0.5, 0.6) is 0 Å². The fourth-order valence-electron chi connectivity index (χ4n) is 2.17. The average molecular weight is 338 g/mol. The lowest BCUT2D eigenvalue weighted by atomic mass is 10.1. The Hall–Kier alpha value is -3.17. The lowest BCUT2D eigenvalue weighted by Crippen LogP contribution is -2.13. The molecule has 0 aliphatic rings. The van der Waals surface area contributed by atoms with Crippen molar-refractivity contribution in [1.82, 2.24) is 14.8 Å². The normalized spacial score (nSPS) is 10.2. The van der Waals surface area contributed by atoms with E-state index in [1.54, 1.807) is 47.4 Å². The Morgan fingerprint density at radius 2 is 2.12 bits per heavy atom. The number of nitrogens with zero attached hydrogens (tertiary/aromatic N) is 4. The number of anilines is 1. The topological polar surface area (TPSA) is 83.6 Å². The molecule has 0 spiro atoms. The molecule has 2 heterocycles. The van der Waals surface area contributed by atoms with E-state index in [1.807, 2.05) is 12.1 Å². The highest BCUT2D eigenvalue weighted by Gasteiger charge is 2.09. The van der Waals surface area contributed by atoms with Crippen molar-refractivity contribution < 1.29 is 4.79 Å². The Morgan fingerprint density at radius 1 is 1.29 bits per heavy atom. The number of hydrogen-bond acceptors (Lipinski definition) is 4. The molecule has 0 radical (unpaired) electrons. The third-order valence-electron chi connectivity index (χ3n) is 3.24. The van der Waals surface area contributed by atoms with Gasteiger partial charge in [0.2, 0.25) is 0 Å². The number of benzene rings is 1. The molecule has 1 N–H and O–H groups in total. The van der Waals surface area contributed by atoms with Crippen LogP contribution in [0, 0.1) is 11.3 Å². The molecule has 118 valence electrons. The van der Waals surface area contributed by atoms with Crippen molar-refractivity contribution in [3.63, 3.8) is 0 Å². The van der Waals surface area contributed by atoms with Crippen LogP contribution in [0.3, 0.4) is 0 Å². The SMILES string of the molecule is N#Cc1cccc(Cn2cc(NC(=O)c3cccc(Cl)n3)cn2)c1. The van der Waals surface area contributed by atoms with E-state index in [9.17, 15) is 4.79 Å². The molecule has 7 heteroatoms. The van der Waals surface area contributed by atoms with Crippen molar-refractivity contribution in [3.05, 3.63) is 76.8 Å². The molecule has 6 nitrogen and oxygen atoms in total. The maximum Gasteiger partial charge on any atom is 0.274 e. The minimum absolute atomic E-state index is 0.233. The summed E-state index contributed by atoms with van der Waals surface area (Å²) in [6.45, 7) is 0.501. The largest absolute Gasteiger partial charge is 0.318 e. The van der Waals surface area contributed by atoms with Gasteiger partial charge in [0, 0.05) is 6.20 Å². The zero-order chi connectivity index (χ0) is 16.9. The molecule has 1 amide bonds. The van der Waals surface area contributed by atoms with Gasteiger partial charge in [0.05, 0.1) is 30.1 Å². The standard InChI is InChI=1S/C17H12ClN5O/c18-16-6-2-5-15(22-16)17(24)21-14-9-20-23(11-14)10-13-4-1-3-12(7-13)8-19/h1-7,9,11H,10H2,(H,21,24). The van der Waals surface area contributed by atoms with E-state index in [1.165, 1.54) is 0 Å². The smallest absolute Gasteiger partial charge is 0.274 e. The number of nitriles is 1. The van der Waals surface area contributed by atoms with Crippen LogP contribution in [-0.2, 0) is 6.54 Å². The van der Waals surface area contributed by atoms with Gasteiger partial charge < -0.3 is 5.32 Å². The van der Waals surface area contributed by atoms with Gasteiger partial charge in [-0.15, -0.1) is 0 Å². The van der Waals surface area contributed by atoms with Crippen LogP contribution in [0.2, 0.25) is 5.15 Å². The first-order valence-electron chi connectivity index (χ1n) is 7.09. The number of carbonyl (C=O) groups is 1. The molecule has 0 bridgehead atoms. The summed E-state index contributed by atoms with van der Waals surface area (Å²) in [4.78, 5) is 16.1. The summed E-state index contributed by atoms with van der Waals surface area (Å²) in [6.07, 6.45) is 3.26. The van der Waals surface area contributed by atoms with Crippen LogP contribution in [0.25, 0.3) is 0 Å². The van der Waals surface area contributed by atoms with Gasteiger partial charge in [0.15, 0.2) is 0 Å². The van der Waals surface area contributed by atoms with Gasteiger partial charge >= 0.3 is 0 Å². The van der Waals surface area contributed by atoms with Gasteiger partial charge in [-0.05, 0) is 29.8 Å². The number of rotatable bonds is 4. The van der Waals surface area contributed by atoms with Crippen LogP contribution < -0.4 is 5.32 Å². The highest BCUT2D eigenvalue weighted by Crippen LogP contribution is 2.12. The summed E-state index contributed by atoms with van der Waals surface area (Å²) in [5.74, 6) is -0.358. The molecule has 0 fully saturated rings. The Labute approximate surface area is 143 Å². The van der Waals surface area contributed by atoms with Crippen molar-refractivity contribution in [2.75, 3.05) is 5.32 Å². The lowest BCUT2D eigenvalue weighted by molar-refractivity contribution is 0.102. The molecule has 3 rings (SSSR count). The molecular weight excluding hydrogens is 326 g/mol. The number of hydrogen-bond donors (Lipinski definition) is 1. The molecule has 0 aliphatic heterocycles. The van der Waals surface area contributed by atoms with E-state index >= 15 is 0 Å². The second-order valence-electron chi connectivity index (χ2n) is 5.04. The molecule has 3 aromatic rings. The van der Waals surface area contributed by atoms with Crippen LogP contribution in [0.4, 0.5) is 5.69 Å². The van der Waals surface area contributed by atoms with E-state index in [0.717, 1.165) is 5.56 Å². The van der Waals surface area contributed by atoms with Crippen LogP contribution in [-0.4, -0.2) is 20.7 Å². The molecular formula is C17H12ClN5O. The molecule has 1 aromatic carbocycles. The molecule has 24 heavy (non-hydrogen) atoms. The van der Waals surface area contributed by atoms with Crippen molar-refractivity contribution in [3.8, 4) is 6.07 Å². The number of pyridine rings is 1. The van der Waals surface area contributed by atoms with E-state index in [2.05, 4.69) is 21.5 Å². The molecule has 0 aliphatic carbocycles. The number of aromatic nitrogens is 3. The maximum atomic E-state index is 12.1. The van der Waals surface area contributed by atoms with Crippen LogP contribution in [0.1, 0.15) is 21.6 Å². The third kappa shape index (κ3) is 3.77. The average Bonchev–Trinajstić information content (AvgIpc) is 3.02. The highest BCUT2D eigenvalue weighted by atomic mass is 35.5. The van der Waals surface area contributed by atoms with E-state index < -0.39 is 0 Å². The minimum atomic E-state index is -0.358. The number of nitrogens with one attached hydrogen (secondary N) is 1. The number of carbonyl (C=O) groups excluding carboxylic acids is 1.